The first kappa shape index (κ1) is 11.9. The number of fused-ring (bicyclic) bond motifs is 1. The fourth-order valence-electron chi connectivity index (χ4n) is 1.96. The number of nitrogen functional groups attached to an aromatic ring is 1. The van der Waals surface area contributed by atoms with Crippen molar-refractivity contribution in [2.75, 3.05) is 5.73 Å². The van der Waals surface area contributed by atoms with E-state index in [1.54, 1.807) is 6.33 Å². The van der Waals surface area contributed by atoms with Crippen molar-refractivity contribution in [2.24, 2.45) is 0 Å². The van der Waals surface area contributed by atoms with Crippen molar-refractivity contribution in [2.45, 2.75) is 13.5 Å². The number of nitrogens with zero attached hydrogens (tertiary/aromatic N) is 4. The predicted octanol–water partition coefficient (Wildman–Crippen LogP) is 2.42. The minimum atomic E-state index is 0.137. The number of rotatable bonds is 2. The first-order chi connectivity index (χ1) is 9.13. The Hall–Kier alpha value is -2.14. The maximum absolute atomic E-state index is 6.11. The minimum absolute atomic E-state index is 0.137. The average Bonchev–Trinajstić information content (AvgIpc) is 2.75. The third kappa shape index (κ3) is 2.24. The fourth-order valence-corrected chi connectivity index (χ4v) is 2.24. The lowest BCUT2D eigenvalue weighted by Gasteiger charge is -2.05. The smallest absolute Gasteiger partial charge is 0.223 e. The number of anilines is 1. The van der Waals surface area contributed by atoms with Crippen molar-refractivity contribution in [3.8, 4) is 0 Å². The maximum Gasteiger partial charge on any atom is 0.223 e. The highest BCUT2D eigenvalue weighted by Gasteiger charge is 2.11. The number of hydrogen-bond acceptors (Lipinski definition) is 4. The van der Waals surface area contributed by atoms with Crippen LogP contribution in [0.2, 0.25) is 5.15 Å². The molecule has 3 rings (SSSR count). The zero-order valence-corrected chi connectivity index (χ0v) is 11.1. The van der Waals surface area contributed by atoms with E-state index in [-0.39, 0.29) is 5.95 Å². The summed E-state index contributed by atoms with van der Waals surface area (Å²) in [5.41, 5.74) is 9.17. The van der Waals surface area contributed by atoms with E-state index in [1.165, 1.54) is 5.56 Å². The molecule has 0 radical (unpaired) electrons. The van der Waals surface area contributed by atoms with E-state index in [9.17, 15) is 0 Å². The molecule has 2 aromatic heterocycles. The zero-order valence-electron chi connectivity index (χ0n) is 10.3. The lowest BCUT2D eigenvalue weighted by molar-refractivity contribution is 0.822. The highest BCUT2D eigenvalue weighted by molar-refractivity contribution is 6.33. The molecule has 2 heterocycles. The highest BCUT2D eigenvalue weighted by Crippen LogP contribution is 2.21. The van der Waals surface area contributed by atoms with Crippen LogP contribution < -0.4 is 5.73 Å². The number of halogens is 1. The van der Waals surface area contributed by atoms with Crippen LogP contribution in [-0.4, -0.2) is 19.5 Å². The maximum atomic E-state index is 6.11. The molecule has 0 saturated carbocycles. The average molecular weight is 274 g/mol. The van der Waals surface area contributed by atoms with Crippen LogP contribution in [0, 0.1) is 6.92 Å². The van der Waals surface area contributed by atoms with Gasteiger partial charge in [0.15, 0.2) is 10.8 Å². The van der Waals surface area contributed by atoms with Crippen molar-refractivity contribution < 1.29 is 0 Å². The van der Waals surface area contributed by atoms with Crippen LogP contribution in [0.1, 0.15) is 11.1 Å². The third-order valence-electron chi connectivity index (χ3n) is 2.92. The van der Waals surface area contributed by atoms with E-state index >= 15 is 0 Å². The number of aryl methyl sites for hydroxylation is 1. The van der Waals surface area contributed by atoms with Crippen LogP contribution in [0.25, 0.3) is 11.2 Å². The minimum Gasteiger partial charge on any atom is -0.368 e. The summed E-state index contributed by atoms with van der Waals surface area (Å²) >= 11 is 6.11. The Kier molecular flexibility index (Phi) is 2.83. The van der Waals surface area contributed by atoms with Gasteiger partial charge in [-0.25, -0.2) is 4.98 Å². The van der Waals surface area contributed by atoms with Gasteiger partial charge < -0.3 is 10.3 Å². The van der Waals surface area contributed by atoms with Gasteiger partial charge in [0.2, 0.25) is 5.95 Å². The van der Waals surface area contributed by atoms with Gasteiger partial charge in [0, 0.05) is 6.54 Å². The van der Waals surface area contributed by atoms with Gasteiger partial charge in [0.1, 0.15) is 5.52 Å². The largest absolute Gasteiger partial charge is 0.368 e. The highest BCUT2D eigenvalue weighted by atomic mass is 35.5. The summed E-state index contributed by atoms with van der Waals surface area (Å²) < 4.78 is 1.92. The molecule has 1 aromatic carbocycles. The van der Waals surface area contributed by atoms with Gasteiger partial charge in [-0.15, -0.1) is 0 Å². The first-order valence-electron chi connectivity index (χ1n) is 5.83. The van der Waals surface area contributed by atoms with Crippen LogP contribution >= 0.6 is 11.6 Å². The molecule has 0 amide bonds. The Morgan fingerprint density at radius 2 is 1.95 bits per heavy atom. The van der Waals surface area contributed by atoms with Crippen LogP contribution in [-0.2, 0) is 6.54 Å². The van der Waals surface area contributed by atoms with Crippen LogP contribution in [0.4, 0.5) is 5.95 Å². The molecule has 2 N–H and O–H groups in total. The van der Waals surface area contributed by atoms with Gasteiger partial charge in [-0.3, -0.25) is 0 Å². The zero-order chi connectivity index (χ0) is 13.4. The summed E-state index contributed by atoms with van der Waals surface area (Å²) in [4.78, 5) is 12.2. The van der Waals surface area contributed by atoms with E-state index in [0.29, 0.717) is 22.9 Å². The number of imidazole rings is 1. The first-order valence-corrected chi connectivity index (χ1v) is 6.20. The molecule has 0 aliphatic carbocycles. The Morgan fingerprint density at radius 3 is 2.68 bits per heavy atom. The number of nitrogens with two attached hydrogens (primary N) is 1. The van der Waals surface area contributed by atoms with Gasteiger partial charge in [-0.2, -0.15) is 9.97 Å². The van der Waals surface area contributed by atoms with Crippen molar-refractivity contribution in [3.63, 3.8) is 0 Å². The SMILES string of the molecule is Cc1ccc(Cn2cnc3nc(N)nc(Cl)c32)cc1. The summed E-state index contributed by atoms with van der Waals surface area (Å²) in [6.07, 6.45) is 1.70. The molecule has 0 fully saturated rings. The summed E-state index contributed by atoms with van der Waals surface area (Å²) in [5.74, 6) is 0.137. The molecule has 0 atom stereocenters. The second-order valence-electron chi connectivity index (χ2n) is 4.40. The van der Waals surface area contributed by atoms with Crippen LogP contribution in [0.5, 0.6) is 0 Å². The van der Waals surface area contributed by atoms with Crippen molar-refractivity contribution in [1.29, 1.82) is 0 Å². The Labute approximate surface area is 115 Å². The lowest BCUT2D eigenvalue weighted by atomic mass is 10.1. The molecule has 0 aliphatic heterocycles. The molecule has 3 aromatic rings. The molecule has 5 nitrogen and oxygen atoms in total. The van der Waals surface area contributed by atoms with Gasteiger partial charge >= 0.3 is 0 Å². The summed E-state index contributed by atoms with van der Waals surface area (Å²) in [7, 11) is 0. The molecule has 96 valence electrons. The molecule has 0 unspecified atom stereocenters. The second-order valence-corrected chi connectivity index (χ2v) is 4.76. The molecule has 19 heavy (non-hydrogen) atoms. The second kappa shape index (κ2) is 4.51. The van der Waals surface area contributed by atoms with E-state index in [1.807, 2.05) is 4.57 Å². The Bertz CT molecular complexity index is 733. The number of benzene rings is 1. The van der Waals surface area contributed by atoms with E-state index in [2.05, 4.69) is 46.1 Å². The van der Waals surface area contributed by atoms with Crippen LogP contribution in [0.15, 0.2) is 30.6 Å². The molecule has 0 aliphatic rings. The molecule has 6 heteroatoms. The third-order valence-corrected chi connectivity index (χ3v) is 3.18. The summed E-state index contributed by atoms with van der Waals surface area (Å²) in [5, 5.41) is 0.326. The normalized spacial score (nSPS) is 11.1. The molecule has 0 saturated heterocycles. The van der Waals surface area contributed by atoms with Gasteiger partial charge in [0.25, 0.3) is 0 Å². The number of hydrogen-bond donors (Lipinski definition) is 1. The lowest BCUT2D eigenvalue weighted by Crippen LogP contribution is -2.01. The monoisotopic (exact) mass is 273 g/mol. The van der Waals surface area contributed by atoms with Crippen molar-refractivity contribution in [1.82, 2.24) is 19.5 Å². The van der Waals surface area contributed by atoms with Gasteiger partial charge in [0.05, 0.1) is 6.33 Å². The van der Waals surface area contributed by atoms with Gasteiger partial charge in [-0.05, 0) is 12.5 Å². The van der Waals surface area contributed by atoms with Crippen molar-refractivity contribution in [3.05, 3.63) is 46.9 Å². The molecule has 0 spiro atoms. The summed E-state index contributed by atoms with van der Waals surface area (Å²) in [6, 6.07) is 8.30. The van der Waals surface area contributed by atoms with Crippen LogP contribution in [0.3, 0.4) is 0 Å². The fraction of sp³-hybridized carbons (Fsp3) is 0.154. The topological polar surface area (TPSA) is 69.6 Å². The van der Waals surface area contributed by atoms with Gasteiger partial charge in [-0.1, -0.05) is 41.4 Å². The molecular formula is C13H12ClN5. The molecule has 0 bridgehead atoms. The molecular weight excluding hydrogens is 262 g/mol. The van der Waals surface area contributed by atoms with Crippen molar-refractivity contribution >= 4 is 28.7 Å². The predicted molar refractivity (Wildman–Crippen MR) is 75.0 cm³/mol. The standard InChI is InChI=1S/C13H12ClN5/c1-8-2-4-9(5-3-8)6-19-7-16-12-10(19)11(14)17-13(15)18-12/h2-5,7H,6H2,1H3,(H2,15,17,18). The van der Waals surface area contributed by atoms with E-state index in [4.69, 9.17) is 17.3 Å². The van der Waals surface area contributed by atoms with E-state index < -0.39 is 0 Å². The Morgan fingerprint density at radius 1 is 1.21 bits per heavy atom. The van der Waals surface area contributed by atoms with E-state index in [0.717, 1.165) is 5.56 Å². The number of aromatic nitrogens is 4. The summed E-state index contributed by atoms with van der Waals surface area (Å²) in [6.45, 7) is 2.73. The quantitative estimate of drug-likeness (QED) is 0.728. The Balaban J connectivity index is 2.04.